The molecule has 1 atom stereocenters. The molecule has 0 radical (unpaired) electrons. The first-order valence-corrected chi connectivity index (χ1v) is 12.6. The molecule has 2 aromatic rings. The molecular formula is C24H29N3O6S. The highest BCUT2D eigenvalue weighted by Gasteiger charge is 2.43. The van der Waals surface area contributed by atoms with Crippen LogP contribution in [0.1, 0.15) is 12.0 Å². The number of carbonyl (C=O) groups is 2. The lowest BCUT2D eigenvalue weighted by Gasteiger charge is -2.36. The van der Waals surface area contributed by atoms with Crippen molar-refractivity contribution in [3.05, 3.63) is 54.1 Å². The zero-order chi connectivity index (χ0) is 24.3. The van der Waals surface area contributed by atoms with Gasteiger partial charge in [0.1, 0.15) is 0 Å². The Balaban J connectivity index is 1.38. The Morgan fingerprint density at radius 2 is 1.59 bits per heavy atom. The number of sulfonamides is 1. The maximum Gasteiger partial charge on any atom is 0.247 e. The average Bonchev–Trinajstić information content (AvgIpc) is 3.15. The van der Waals surface area contributed by atoms with E-state index in [0.717, 1.165) is 5.56 Å². The van der Waals surface area contributed by atoms with Gasteiger partial charge in [-0.1, -0.05) is 30.3 Å². The molecule has 0 N–H and O–H groups in total. The van der Waals surface area contributed by atoms with E-state index in [4.69, 9.17) is 9.47 Å². The summed E-state index contributed by atoms with van der Waals surface area (Å²) in [4.78, 5) is 28.9. The molecule has 2 aliphatic rings. The van der Waals surface area contributed by atoms with Gasteiger partial charge < -0.3 is 9.47 Å². The Bertz CT molecular complexity index is 1150. The number of rotatable bonds is 8. The summed E-state index contributed by atoms with van der Waals surface area (Å²) in [6.45, 7) is 1.58. The first-order chi connectivity index (χ1) is 16.3. The highest BCUT2D eigenvalue weighted by molar-refractivity contribution is 7.89. The van der Waals surface area contributed by atoms with E-state index in [0.29, 0.717) is 37.6 Å². The van der Waals surface area contributed by atoms with Crippen molar-refractivity contribution in [2.75, 3.05) is 46.9 Å². The number of likely N-dealkylation sites (tertiary alicyclic amines) is 1. The lowest BCUT2D eigenvalue weighted by molar-refractivity contribution is -0.139. The van der Waals surface area contributed by atoms with Gasteiger partial charge in [-0.25, -0.2) is 8.42 Å². The van der Waals surface area contributed by atoms with Crippen LogP contribution in [-0.4, -0.2) is 87.3 Å². The van der Waals surface area contributed by atoms with Gasteiger partial charge in [0, 0.05) is 38.8 Å². The number of benzene rings is 2. The van der Waals surface area contributed by atoms with Gasteiger partial charge in [0.25, 0.3) is 0 Å². The fraction of sp³-hybridized carbons (Fsp3) is 0.417. The van der Waals surface area contributed by atoms with E-state index in [1.807, 2.05) is 35.2 Å². The third-order valence-corrected chi connectivity index (χ3v) is 8.29. The molecule has 0 aliphatic carbocycles. The van der Waals surface area contributed by atoms with Crippen molar-refractivity contribution in [2.24, 2.45) is 0 Å². The van der Waals surface area contributed by atoms with Crippen LogP contribution in [0.25, 0.3) is 0 Å². The lowest BCUT2D eigenvalue weighted by Crippen LogP contribution is -2.53. The van der Waals surface area contributed by atoms with Gasteiger partial charge in [0.15, 0.2) is 11.5 Å². The number of ether oxygens (including phenoxy) is 2. The van der Waals surface area contributed by atoms with Crippen molar-refractivity contribution < 1.29 is 27.5 Å². The Morgan fingerprint density at radius 3 is 2.24 bits per heavy atom. The van der Waals surface area contributed by atoms with E-state index < -0.39 is 16.1 Å². The monoisotopic (exact) mass is 487 g/mol. The van der Waals surface area contributed by atoms with Crippen molar-refractivity contribution in [2.45, 2.75) is 23.8 Å². The summed E-state index contributed by atoms with van der Waals surface area (Å²) in [5.74, 6) is 0.420. The SMILES string of the molecule is COc1ccc(S(=O)(=O)N2CCN([C@@H]3CC(=O)N(CCc4ccccc4)C3=O)CC2)cc1OC. The number of methoxy groups -OCH3 is 2. The molecule has 2 fully saturated rings. The van der Waals surface area contributed by atoms with Gasteiger partial charge in [-0.3, -0.25) is 19.4 Å². The normalized spacial score (nSPS) is 20.1. The van der Waals surface area contributed by atoms with E-state index in [-0.39, 0.29) is 36.2 Å². The van der Waals surface area contributed by atoms with Crippen LogP contribution < -0.4 is 9.47 Å². The highest BCUT2D eigenvalue weighted by atomic mass is 32.2. The van der Waals surface area contributed by atoms with E-state index in [1.165, 1.54) is 35.6 Å². The second kappa shape index (κ2) is 10.1. The minimum absolute atomic E-state index is 0.123. The number of piperazine rings is 1. The van der Waals surface area contributed by atoms with E-state index in [1.54, 1.807) is 6.07 Å². The molecular weight excluding hydrogens is 458 g/mol. The molecule has 4 rings (SSSR count). The number of hydrogen-bond acceptors (Lipinski definition) is 7. The van der Waals surface area contributed by atoms with Crippen molar-refractivity contribution in [3.8, 4) is 11.5 Å². The smallest absolute Gasteiger partial charge is 0.247 e. The van der Waals surface area contributed by atoms with E-state index in [2.05, 4.69) is 0 Å². The molecule has 0 aromatic heterocycles. The van der Waals surface area contributed by atoms with Crippen LogP contribution in [0, 0.1) is 0 Å². The first kappa shape index (κ1) is 24.2. The van der Waals surface area contributed by atoms with Crippen molar-refractivity contribution in [1.29, 1.82) is 0 Å². The maximum absolute atomic E-state index is 13.2. The molecule has 0 saturated carbocycles. The lowest BCUT2D eigenvalue weighted by atomic mass is 10.1. The standard InChI is InChI=1S/C24H29N3O6S/c1-32-21-9-8-19(16-22(21)33-2)34(30,31)26-14-12-25(13-15-26)20-17-23(28)27(24(20)29)11-10-18-6-4-3-5-7-18/h3-9,16,20H,10-15,17H2,1-2H3/t20-/m1/s1. The van der Waals surface area contributed by atoms with Crippen LogP contribution in [0.3, 0.4) is 0 Å². The van der Waals surface area contributed by atoms with Crippen LogP contribution in [0.5, 0.6) is 11.5 Å². The van der Waals surface area contributed by atoms with Gasteiger partial charge in [-0.15, -0.1) is 0 Å². The third-order valence-electron chi connectivity index (χ3n) is 6.39. The van der Waals surface area contributed by atoms with Crippen molar-refractivity contribution >= 4 is 21.8 Å². The van der Waals surface area contributed by atoms with Crippen LogP contribution in [0.2, 0.25) is 0 Å². The number of hydrogen-bond donors (Lipinski definition) is 0. The topological polar surface area (TPSA) is 96.5 Å². The summed E-state index contributed by atoms with van der Waals surface area (Å²) < 4.78 is 38.1. The summed E-state index contributed by atoms with van der Waals surface area (Å²) in [7, 11) is -0.788. The first-order valence-electron chi connectivity index (χ1n) is 11.2. The predicted molar refractivity (Wildman–Crippen MR) is 125 cm³/mol. The van der Waals surface area contributed by atoms with Crippen LogP contribution in [0.15, 0.2) is 53.4 Å². The Kier molecular flexibility index (Phi) is 7.20. The van der Waals surface area contributed by atoms with Gasteiger partial charge in [-0.05, 0) is 24.1 Å². The maximum atomic E-state index is 13.2. The van der Waals surface area contributed by atoms with Crippen LogP contribution in [-0.2, 0) is 26.0 Å². The molecule has 2 amide bonds. The number of amides is 2. The summed E-state index contributed by atoms with van der Waals surface area (Å²) in [5, 5.41) is 0. The Hall–Kier alpha value is -2.95. The predicted octanol–water partition coefficient (Wildman–Crippen LogP) is 1.38. The van der Waals surface area contributed by atoms with Crippen LogP contribution >= 0.6 is 0 Å². The number of carbonyl (C=O) groups excluding carboxylic acids is 2. The summed E-state index contributed by atoms with van der Waals surface area (Å²) in [6.07, 6.45) is 0.748. The third kappa shape index (κ3) is 4.79. The molecule has 2 saturated heterocycles. The number of imide groups is 1. The molecule has 34 heavy (non-hydrogen) atoms. The molecule has 2 aromatic carbocycles. The zero-order valence-electron chi connectivity index (χ0n) is 19.3. The second-order valence-corrected chi connectivity index (χ2v) is 10.2. The van der Waals surface area contributed by atoms with Crippen molar-refractivity contribution in [1.82, 2.24) is 14.1 Å². The Morgan fingerprint density at radius 1 is 0.912 bits per heavy atom. The van der Waals surface area contributed by atoms with Gasteiger partial charge in [0.2, 0.25) is 21.8 Å². The molecule has 0 bridgehead atoms. The summed E-state index contributed by atoms with van der Waals surface area (Å²) in [5.41, 5.74) is 1.07. The molecule has 0 unspecified atom stereocenters. The zero-order valence-corrected chi connectivity index (χ0v) is 20.2. The van der Waals surface area contributed by atoms with Crippen LogP contribution in [0.4, 0.5) is 0 Å². The van der Waals surface area contributed by atoms with E-state index in [9.17, 15) is 18.0 Å². The summed E-state index contributed by atoms with van der Waals surface area (Å²) in [6, 6.07) is 13.7. The summed E-state index contributed by atoms with van der Waals surface area (Å²) >= 11 is 0. The molecule has 9 nitrogen and oxygen atoms in total. The van der Waals surface area contributed by atoms with Gasteiger partial charge in [0.05, 0.1) is 31.6 Å². The molecule has 0 spiro atoms. The minimum atomic E-state index is -3.73. The largest absolute Gasteiger partial charge is 0.493 e. The average molecular weight is 488 g/mol. The minimum Gasteiger partial charge on any atom is -0.493 e. The van der Waals surface area contributed by atoms with Crippen molar-refractivity contribution in [3.63, 3.8) is 0 Å². The second-order valence-electron chi connectivity index (χ2n) is 8.30. The highest BCUT2D eigenvalue weighted by Crippen LogP contribution is 2.31. The molecule has 2 aliphatic heterocycles. The quantitative estimate of drug-likeness (QED) is 0.519. The number of nitrogens with zero attached hydrogens (tertiary/aromatic N) is 3. The van der Waals surface area contributed by atoms with E-state index >= 15 is 0 Å². The van der Waals surface area contributed by atoms with Gasteiger partial charge >= 0.3 is 0 Å². The van der Waals surface area contributed by atoms with Gasteiger partial charge in [-0.2, -0.15) is 4.31 Å². The molecule has 10 heteroatoms. The fourth-order valence-corrected chi connectivity index (χ4v) is 5.89. The molecule has 2 heterocycles. The molecule has 182 valence electrons. The fourth-order valence-electron chi connectivity index (χ4n) is 4.45. The Labute approximate surface area is 199 Å².